The molecule has 0 unspecified atom stereocenters. The van der Waals surface area contributed by atoms with Gasteiger partial charge in [0, 0.05) is 6.54 Å². The predicted molar refractivity (Wildman–Crippen MR) is 133 cm³/mol. The summed E-state index contributed by atoms with van der Waals surface area (Å²) in [5.74, 6) is -0.498. The minimum absolute atomic E-state index is 0.131. The van der Waals surface area contributed by atoms with E-state index >= 15 is 0 Å². The number of aliphatic imine (C=N–C) groups is 1. The van der Waals surface area contributed by atoms with E-state index in [1.807, 2.05) is 6.07 Å². The lowest BCUT2D eigenvalue weighted by Gasteiger charge is -2.13. The SMILES string of the molecule is C=CCN1C(=O)/C(=C/c2ccc(OCCCC)c(OC)c2)SC1=Nc1ccc(O)cc1C(=O)O. The van der Waals surface area contributed by atoms with Gasteiger partial charge in [0.2, 0.25) is 0 Å². The van der Waals surface area contributed by atoms with Gasteiger partial charge in [0.1, 0.15) is 5.75 Å². The van der Waals surface area contributed by atoms with E-state index in [0.29, 0.717) is 28.2 Å². The maximum Gasteiger partial charge on any atom is 0.338 e. The molecule has 34 heavy (non-hydrogen) atoms. The van der Waals surface area contributed by atoms with E-state index < -0.39 is 5.97 Å². The number of hydrogen-bond donors (Lipinski definition) is 2. The van der Waals surface area contributed by atoms with E-state index in [9.17, 15) is 19.8 Å². The van der Waals surface area contributed by atoms with E-state index in [0.717, 1.165) is 36.2 Å². The van der Waals surface area contributed by atoms with Crippen LogP contribution in [0, 0.1) is 0 Å². The fourth-order valence-electron chi connectivity index (χ4n) is 3.15. The van der Waals surface area contributed by atoms with E-state index in [1.54, 1.807) is 31.4 Å². The quantitative estimate of drug-likeness (QED) is 0.276. The number of hydrogen-bond acceptors (Lipinski definition) is 7. The van der Waals surface area contributed by atoms with E-state index in [-0.39, 0.29) is 29.5 Å². The highest BCUT2D eigenvalue weighted by Gasteiger charge is 2.33. The zero-order valence-corrected chi connectivity index (χ0v) is 19.8. The first-order chi connectivity index (χ1) is 16.4. The maximum absolute atomic E-state index is 13.1. The summed E-state index contributed by atoms with van der Waals surface area (Å²) in [6.45, 7) is 6.58. The van der Waals surface area contributed by atoms with Crippen molar-refractivity contribution in [2.45, 2.75) is 19.8 Å². The minimum atomic E-state index is -1.23. The number of unbranched alkanes of at least 4 members (excludes halogenated alkanes) is 1. The molecule has 1 fully saturated rings. The van der Waals surface area contributed by atoms with Crippen molar-refractivity contribution in [1.82, 2.24) is 4.90 Å². The molecular weight excluding hydrogens is 456 g/mol. The maximum atomic E-state index is 13.1. The van der Waals surface area contributed by atoms with Crippen LogP contribution in [0.15, 0.2) is 59.0 Å². The number of phenols is 1. The molecule has 0 bridgehead atoms. The van der Waals surface area contributed by atoms with Crippen molar-refractivity contribution in [2.75, 3.05) is 20.3 Å². The van der Waals surface area contributed by atoms with E-state index in [4.69, 9.17) is 9.47 Å². The third kappa shape index (κ3) is 5.79. The number of ether oxygens (including phenoxy) is 2. The lowest BCUT2D eigenvalue weighted by molar-refractivity contribution is -0.121. The fraction of sp³-hybridized carbons (Fsp3) is 0.240. The molecule has 1 saturated heterocycles. The second kappa shape index (κ2) is 11.4. The lowest BCUT2D eigenvalue weighted by atomic mass is 10.1. The number of carboxylic acid groups (broad SMARTS) is 1. The van der Waals surface area contributed by atoms with E-state index in [1.165, 1.54) is 17.0 Å². The van der Waals surface area contributed by atoms with Gasteiger partial charge in [-0.15, -0.1) is 6.58 Å². The number of nitrogens with zero attached hydrogens (tertiary/aromatic N) is 2. The highest BCUT2D eigenvalue weighted by Crippen LogP contribution is 2.36. The fourth-order valence-corrected chi connectivity index (χ4v) is 4.15. The number of aromatic carboxylic acids is 1. The smallest absolute Gasteiger partial charge is 0.338 e. The summed E-state index contributed by atoms with van der Waals surface area (Å²) in [4.78, 5) is 30.9. The summed E-state index contributed by atoms with van der Waals surface area (Å²) < 4.78 is 11.2. The molecule has 0 spiro atoms. The monoisotopic (exact) mass is 482 g/mol. The van der Waals surface area contributed by atoms with Gasteiger partial charge in [-0.2, -0.15) is 0 Å². The molecule has 0 radical (unpaired) electrons. The van der Waals surface area contributed by atoms with Crippen molar-refractivity contribution < 1.29 is 29.3 Å². The molecule has 0 aliphatic carbocycles. The standard InChI is InChI=1S/C25H26N2O6S/c1-4-6-12-33-20-10-7-16(13-21(20)32-3)14-22-23(29)27(11-5-2)25(34-22)26-19-9-8-17(28)15-18(19)24(30)31/h5,7-10,13-15,28H,2,4,6,11-12H2,1,3H3,(H,30,31)/b22-14-,26-25?. The number of carbonyl (C=O) groups excluding carboxylic acids is 1. The van der Waals surface area contributed by atoms with Crippen LogP contribution in [0.2, 0.25) is 0 Å². The van der Waals surface area contributed by atoms with Crippen LogP contribution in [0.1, 0.15) is 35.7 Å². The number of carbonyl (C=O) groups is 2. The number of methoxy groups -OCH3 is 1. The summed E-state index contributed by atoms with van der Waals surface area (Å²) in [7, 11) is 1.56. The van der Waals surface area contributed by atoms with Gasteiger partial charge in [-0.1, -0.05) is 25.5 Å². The molecule has 0 atom stereocenters. The van der Waals surface area contributed by atoms with Crippen molar-refractivity contribution in [1.29, 1.82) is 0 Å². The Morgan fingerprint density at radius 1 is 1.24 bits per heavy atom. The Bertz CT molecular complexity index is 1160. The van der Waals surface area contributed by atoms with Crippen molar-refractivity contribution in [3.63, 3.8) is 0 Å². The van der Waals surface area contributed by atoms with Crippen LogP contribution in [0.25, 0.3) is 6.08 Å². The van der Waals surface area contributed by atoms with Gasteiger partial charge in [0.25, 0.3) is 5.91 Å². The molecule has 3 rings (SSSR count). The predicted octanol–water partition coefficient (Wildman–Crippen LogP) is 5.07. The Morgan fingerprint density at radius 3 is 2.71 bits per heavy atom. The summed E-state index contributed by atoms with van der Waals surface area (Å²) in [6, 6.07) is 9.29. The number of benzene rings is 2. The molecule has 8 nitrogen and oxygen atoms in total. The summed E-state index contributed by atoms with van der Waals surface area (Å²) in [6.07, 6.45) is 5.25. The molecule has 1 aliphatic rings. The average molecular weight is 483 g/mol. The molecule has 178 valence electrons. The Balaban J connectivity index is 1.94. The molecule has 1 amide bonds. The third-order valence-corrected chi connectivity index (χ3v) is 5.87. The minimum Gasteiger partial charge on any atom is -0.508 e. The summed E-state index contributed by atoms with van der Waals surface area (Å²) in [5.41, 5.74) is 0.706. The second-order valence-corrected chi connectivity index (χ2v) is 8.34. The number of rotatable bonds is 10. The summed E-state index contributed by atoms with van der Waals surface area (Å²) in [5, 5.41) is 19.4. The highest BCUT2D eigenvalue weighted by molar-refractivity contribution is 8.18. The van der Waals surface area contributed by atoms with Crippen LogP contribution in [0.5, 0.6) is 17.2 Å². The first kappa shape index (κ1) is 24.9. The molecule has 9 heteroatoms. The van der Waals surface area contributed by atoms with Gasteiger partial charge in [-0.3, -0.25) is 9.69 Å². The number of carboxylic acids is 1. The van der Waals surface area contributed by atoms with Gasteiger partial charge < -0.3 is 19.7 Å². The third-order valence-electron chi connectivity index (χ3n) is 4.87. The van der Waals surface area contributed by atoms with Crippen LogP contribution in [0.3, 0.4) is 0 Å². The lowest BCUT2D eigenvalue weighted by Crippen LogP contribution is -2.29. The first-order valence-electron chi connectivity index (χ1n) is 10.7. The summed E-state index contributed by atoms with van der Waals surface area (Å²) >= 11 is 1.13. The van der Waals surface area contributed by atoms with Gasteiger partial charge >= 0.3 is 5.97 Å². The first-order valence-corrected chi connectivity index (χ1v) is 11.5. The molecule has 2 aromatic carbocycles. The van der Waals surface area contributed by atoms with Gasteiger partial charge in [-0.05, 0) is 60.2 Å². The molecule has 2 aromatic rings. The van der Waals surface area contributed by atoms with Crippen molar-refractivity contribution in [3.05, 3.63) is 65.1 Å². The van der Waals surface area contributed by atoms with Gasteiger partial charge in [-0.25, -0.2) is 9.79 Å². The van der Waals surface area contributed by atoms with Crippen LogP contribution in [-0.2, 0) is 4.79 Å². The van der Waals surface area contributed by atoms with Crippen LogP contribution >= 0.6 is 11.8 Å². The molecular formula is C25H26N2O6S. The Labute approximate surface area is 202 Å². The topological polar surface area (TPSA) is 109 Å². The van der Waals surface area contributed by atoms with Crippen molar-refractivity contribution >= 4 is 40.6 Å². The van der Waals surface area contributed by atoms with Gasteiger partial charge in [0.05, 0.1) is 29.9 Å². The van der Waals surface area contributed by atoms with Crippen molar-refractivity contribution in [3.8, 4) is 17.2 Å². The van der Waals surface area contributed by atoms with Crippen LogP contribution in [-0.4, -0.2) is 52.4 Å². The number of amides is 1. The Morgan fingerprint density at radius 2 is 2.03 bits per heavy atom. The largest absolute Gasteiger partial charge is 0.508 e. The zero-order chi connectivity index (χ0) is 24.7. The van der Waals surface area contributed by atoms with Gasteiger partial charge in [0.15, 0.2) is 16.7 Å². The van der Waals surface area contributed by atoms with Crippen LogP contribution < -0.4 is 9.47 Å². The Kier molecular flexibility index (Phi) is 8.37. The molecule has 0 aromatic heterocycles. The Hall–Kier alpha value is -3.72. The molecule has 2 N–H and O–H groups in total. The van der Waals surface area contributed by atoms with Crippen molar-refractivity contribution in [2.24, 2.45) is 4.99 Å². The number of amidine groups is 1. The molecule has 1 heterocycles. The normalized spacial score (nSPS) is 15.7. The number of thioether (sulfide) groups is 1. The second-order valence-electron chi connectivity index (χ2n) is 7.33. The zero-order valence-electron chi connectivity index (χ0n) is 19.0. The van der Waals surface area contributed by atoms with Crippen LogP contribution in [0.4, 0.5) is 5.69 Å². The van der Waals surface area contributed by atoms with E-state index in [2.05, 4.69) is 18.5 Å². The number of phenolic OH excluding ortho intramolecular Hbond substituents is 1. The molecule has 0 saturated carbocycles. The molecule has 1 aliphatic heterocycles. The highest BCUT2D eigenvalue weighted by atomic mass is 32.2. The average Bonchev–Trinajstić information content (AvgIpc) is 3.10. The number of aromatic hydroxyl groups is 1.